The number of carboxylic acid groups (broad SMARTS) is 1. The second-order valence-electron chi connectivity index (χ2n) is 10.1. The van der Waals surface area contributed by atoms with Gasteiger partial charge >= 0.3 is 5.97 Å². The molecule has 4 heteroatoms. The average Bonchev–Trinajstić information content (AvgIpc) is 2.96. The van der Waals surface area contributed by atoms with Crippen LogP contribution in [-0.4, -0.2) is 27.6 Å². The number of hydrogen-bond donors (Lipinski definition) is 2. The van der Waals surface area contributed by atoms with Crippen LogP contribution in [0.2, 0.25) is 0 Å². The molecule has 29 heavy (non-hydrogen) atoms. The van der Waals surface area contributed by atoms with Crippen LogP contribution >= 0.6 is 0 Å². The number of hydrogen-bond acceptors (Lipinski definition) is 3. The van der Waals surface area contributed by atoms with E-state index >= 15 is 0 Å². The first-order valence-electron chi connectivity index (χ1n) is 11.2. The molecule has 0 saturated heterocycles. The lowest BCUT2D eigenvalue weighted by atomic mass is 9.47. The van der Waals surface area contributed by atoms with Crippen molar-refractivity contribution in [1.29, 1.82) is 0 Å². The van der Waals surface area contributed by atoms with Gasteiger partial charge in [0.15, 0.2) is 5.78 Å². The van der Waals surface area contributed by atoms with Crippen molar-refractivity contribution in [3.63, 3.8) is 0 Å². The van der Waals surface area contributed by atoms with Gasteiger partial charge in [0.25, 0.3) is 0 Å². The minimum atomic E-state index is -1.00. The standard InChI is InChI=1S/C25H34O4/c1-4-16-14-24(3)21(11-12-25(24,29)15(2)5-10-22(27)28)20-8-6-17-13-18(26)7-9-19(17)23(16)20/h4,13,16,19-21,23,29H,1-2,5-12,14H2,3H3,(H,27,28)/t16-,19-,20-,21-,23+,24-,25+/m0/s1. The molecule has 3 fully saturated rings. The monoisotopic (exact) mass is 398 g/mol. The largest absolute Gasteiger partial charge is 0.481 e. The molecule has 0 aliphatic heterocycles. The molecule has 0 radical (unpaired) electrons. The molecule has 0 aromatic heterocycles. The topological polar surface area (TPSA) is 74.6 Å². The van der Waals surface area contributed by atoms with Crippen molar-refractivity contribution in [2.45, 2.75) is 70.3 Å². The second kappa shape index (κ2) is 7.23. The summed E-state index contributed by atoms with van der Waals surface area (Å²) in [7, 11) is 0. The fraction of sp³-hybridized carbons (Fsp3) is 0.680. The molecule has 4 rings (SSSR count). The SMILES string of the molecule is C=C[C@H]1C[C@@]2(C)[C@@H](CC[C@@]2(O)C(=C)CCC(=O)O)[C@@H]2CCC3=CC(=O)CC[C@@H]3[C@H]21. The molecule has 0 heterocycles. The minimum absolute atomic E-state index is 0.0170. The summed E-state index contributed by atoms with van der Waals surface area (Å²) in [5, 5.41) is 20.9. The van der Waals surface area contributed by atoms with Crippen molar-refractivity contribution in [1.82, 2.24) is 0 Å². The fourth-order valence-electron chi connectivity index (χ4n) is 7.67. The van der Waals surface area contributed by atoms with E-state index in [2.05, 4.69) is 26.2 Å². The van der Waals surface area contributed by atoms with E-state index in [4.69, 9.17) is 5.11 Å². The van der Waals surface area contributed by atoms with Crippen LogP contribution < -0.4 is 0 Å². The van der Waals surface area contributed by atoms with Gasteiger partial charge in [0.05, 0.1) is 5.60 Å². The highest BCUT2D eigenvalue weighted by molar-refractivity contribution is 5.91. The minimum Gasteiger partial charge on any atom is -0.481 e. The van der Waals surface area contributed by atoms with Crippen LogP contribution in [-0.2, 0) is 9.59 Å². The van der Waals surface area contributed by atoms with Gasteiger partial charge in [-0.1, -0.05) is 25.2 Å². The summed E-state index contributed by atoms with van der Waals surface area (Å²) in [5.74, 6) is 1.65. The van der Waals surface area contributed by atoms with E-state index in [9.17, 15) is 14.7 Å². The Morgan fingerprint density at radius 2 is 2.03 bits per heavy atom. The lowest BCUT2D eigenvalue weighted by Gasteiger charge is -2.58. The van der Waals surface area contributed by atoms with Crippen LogP contribution in [0.15, 0.2) is 36.5 Å². The number of ketones is 1. The summed E-state index contributed by atoms with van der Waals surface area (Å²) in [4.78, 5) is 23.0. The lowest BCUT2D eigenvalue weighted by Crippen LogP contribution is -2.56. The number of rotatable bonds is 5. The fourth-order valence-corrected chi connectivity index (χ4v) is 7.67. The highest BCUT2D eigenvalue weighted by Crippen LogP contribution is 2.67. The Morgan fingerprint density at radius 1 is 1.28 bits per heavy atom. The summed E-state index contributed by atoms with van der Waals surface area (Å²) in [6.07, 6.45) is 10.5. The Kier molecular flexibility index (Phi) is 5.13. The van der Waals surface area contributed by atoms with Gasteiger partial charge in [0.2, 0.25) is 0 Å². The van der Waals surface area contributed by atoms with Crippen LogP contribution in [0.4, 0.5) is 0 Å². The summed E-state index contributed by atoms with van der Waals surface area (Å²) < 4.78 is 0. The van der Waals surface area contributed by atoms with E-state index in [0.29, 0.717) is 54.4 Å². The van der Waals surface area contributed by atoms with Crippen molar-refractivity contribution in [2.75, 3.05) is 0 Å². The van der Waals surface area contributed by atoms with E-state index in [-0.39, 0.29) is 17.6 Å². The summed E-state index contributed by atoms with van der Waals surface area (Å²) in [6, 6.07) is 0. The molecule has 4 nitrogen and oxygen atoms in total. The maximum Gasteiger partial charge on any atom is 0.303 e. The van der Waals surface area contributed by atoms with E-state index < -0.39 is 11.6 Å². The summed E-state index contributed by atoms with van der Waals surface area (Å²) >= 11 is 0. The van der Waals surface area contributed by atoms with Gasteiger partial charge in [0.1, 0.15) is 0 Å². The maximum absolute atomic E-state index is 12.0. The smallest absolute Gasteiger partial charge is 0.303 e. The van der Waals surface area contributed by atoms with Crippen molar-refractivity contribution in [2.24, 2.45) is 35.0 Å². The number of carbonyl (C=O) groups excluding carboxylic acids is 1. The first kappa shape index (κ1) is 20.6. The van der Waals surface area contributed by atoms with Gasteiger partial charge in [0, 0.05) is 18.3 Å². The number of fused-ring (bicyclic) bond motifs is 5. The summed E-state index contributed by atoms with van der Waals surface area (Å²) in [6.45, 7) is 10.5. The maximum atomic E-state index is 12.0. The molecule has 0 unspecified atom stereocenters. The van der Waals surface area contributed by atoms with E-state index in [1.807, 2.05) is 6.08 Å². The van der Waals surface area contributed by atoms with E-state index in [0.717, 1.165) is 32.1 Å². The molecule has 0 bridgehead atoms. The van der Waals surface area contributed by atoms with Gasteiger partial charge in [-0.3, -0.25) is 9.59 Å². The van der Waals surface area contributed by atoms with Crippen LogP contribution in [0.1, 0.15) is 64.7 Å². The van der Waals surface area contributed by atoms with Crippen LogP contribution in [0.25, 0.3) is 0 Å². The molecule has 158 valence electrons. The molecule has 0 aromatic rings. The number of carboxylic acids is 1. The zero-order chi connectivity index (χ0) is 21.0. The molecule has 7 atom stereocenters. The second-order valence-corrected chi connectivity index (χ2v) is 10.1. The molecule has 0 amide bonds. The zero-order valence-electron chi connectivity index (χ0n) is 17.5. The zero-order valence-corrected chi connectivity index (χ0v) is 17.5. The molecule has 4 aliphatic rings. The molecule has 0 spiro atoms. The van der Waals surface area contributed by atoms with Gasteiger partial charge < -0.3 is 10.2 Å². The highest BCUT2D eigenvalue weighted by atomic mass is 16.4. The van der Waals surface area contributed by atoms with Crippen LogP contribution in [0.5, 0.6) is 0 Å². The average molecular weight is 399 g/mol. The van der Waals surface area contributed by atoms with Gasteiger partial charge in [-0.2, -0.15) is 0 Å². The molecule has 3 saturated carbocycles. The highest BCUT2D eigenvalue weighted by Gasteiger charge is 2.64. The number of aliphatic carboxylic acids is 1. The van der Waals surface area contributed by atoms with Gasteiger partial charge in [-0.25, -0.2) is 0 Å². The predicted octanol–water partition coefficient (Wildman–Crippen LogP) is 4.69. The van der Waals surface area contributed by atoms with Crippen molar-refractivity contribution < 1.29 is 19.8 Å². The first-order chi connectivity index (χ1) is 13.7. The number of allylic oxidation sites excluding steroid dienone is 2. The van der Waals surface area contributed by atoms with E-state index in [1.165, 1.54) is 5.57 Å². The molecule has 0 aromatic carbocycles. The number of aliphatic hydroxyl groups is 1. The van der Waals surface area contributed by atoms with Gasteiger partial charge in [-0.05, 0) is 86.2 Å². The third kappa shape index (κ3) is 3.06. The van der Waals surface area contributed by atoms with Crippen LogP contribution in [0, 0.1) is 35.0 Å². The normalized spacial score (nSPS) is 43.6. The Hall–Kier alpha value is -1.68. The Morgan fingerprint density at radius 3 is 2.72 bits per heavy atom. The van der Waals surface area contributed by atoms with Crippen molar-refractivity contribution in [3.8, 4) is 0 Å². The Bertz CT molecular complexity index is 780. The molecular formula is C25H34O4. The van der Waals surface area contributed by atoms with Crippen LogP contribution in [0.3, 0.4) is 0 Å². The van der Waals surface area contributed by atoms with Crippen molar-refractivity contribution in [3.05, 3.63) is 36.5 Å². The van der Waals surface area contributed by atoms with Gasteiger partial charge in [-0.15, -0.1) is 6.58 Å². The molecule has 4 aliphatic carbocycles. The third-order valence-corrected chi connectivity index (χ3v) is 9.03. The number of carbonyl (C=O) groups is 2. The Balaban J connectivity index is 1.65. The van der Waals surface area contributed by atoms with E-state index in [1.54, 1.807) is 0 Å². The molecular weight excluding hydrogens is 364 g/mol. The third-order valence-electron chi connectivity index (χ3n) is 9.03. The first-order valence-corrected chi connectivity index (χ1v) is 11.2. The van der Waals surface area contributed by atoms with Crippen molar-refractivity contribution >= 4 is 11.8 Å². The molecule has 2 N–H and O–H groups in total. The quantitative estimate of drug-likeness (QED) is 0.659. The predicted molar refractivity (Wildman–Crippen MR) is 112 cm³/mol. The Labute approximate surface area is 173 Å². The summed E-state index contributed by atoms with van der Waals surface area (Å²) in [5.41, 5.74) is 0.731. The lowest BCUT2D eigenvalue weighted by molar-refractivity contribution is -0.137.